The van der Waals surface area contributed by atoms with Gasteiger partial charge in [-0.05, 0) is 0 Å². The molecule has 0 aromatic heterocycles. The zero-order valence-corrected chi connectivity index (χ0v) is 7.48. The van der Waals surface area contributed by atoms with E-state index >= 15 is 0 Å². The topological polar surface area (TPSA) is 57.5 Å². The van der Waals surface area contributed by atoms with E-state index in [-0.39, 0.29) is 48.1 Å². The molecule has 7 heteroatoms. The summed E-state index contributed by atoms with van der Waals surface area (Å²) in [5, 5.41) is 0. The first-order valence-corrected chi connectivity index (χ1v) is 2.25. The minimum atomic E-state index is -5.14. The summed E-state index contributed by atoms with van der Waals surface area (Å²) in [6.07, 6.45) is 0. The molecule has 2 N–H and O–H groups in total. The SMILES string of the molecule is O=P(O)(O)F.[Fe].[H-].[Na+]. The van der Waals surface area contributed by atoms with Gasteiger partial charge in [-0.25, -0.2) is 4.57 Å². The number of rotatable bonds is 0. The largest absolute Gasteiger partial charge is 1.00 e. The van der Waals surface area contributed by atoms with Gasteiger partial charge < -0.3 is 1.43 Å². The van der Waals surface area contributed by atoms with E-state index in [0.29, 0.717) is 0 Å². The molecule has 0 aromatic rings. The van der Waals surface area contributed by atoms with E-state index in [1.165, 1.54) is 0 Å². The van der Waals surface area contributed by atoms with Crippen molar-refractivity contribution in [2.45, 2.75) is 0 Å². The molecule has 42 valence electrons. The maximum Gasteiger partial charge on any atom is 1.00 e. The summed E-state index contributed by atoms with van der Waals surface area (Å²) < 4.78 is 19.0. The zero-order valence-electron chi connectivity index (χ0n) is 4.48. The molecule has 0 radical (unpaired) electrons. The molecule has 0 saturated heterocycles. The van der Waals surface area contributed by atoms with Crippen LogP contribution in [0, 0.1) is 0 Å². The van der Waals surface area contributed by atoms with E-state index in [2.05, 4.69) is 0 Å². The molecule has 0 atom stereocenters. The second-order valence-corrected chi connectivity index (χ2v) is 1.42. The third-order valence-corrected chi connectivity index (χ3v) is 0. The number of hydrogen-bond donors (Lipinski definition) is 2. The van der Waals surface area contributed by atoms with Gasteiger partial charge in [-0.15, -0.1) is 4.20 Å². The van der Waals surface area contributed by atoms with E-state index in [1.54, 1.807) is 0 Å². The van der Waals surface area contributed by atoms with Gasteiger partial charge in [0.2, 0.25) is 0 Å². The van der Waals surface area contributed by atoms with E-state index in [4.69, 9.17) is 14.4 Å². The molecule has 0 aliphatic rings. The Morgan fingerprint density at radius 2 is 1.57 bits per heavy atom. The molecule has 7 heavy (non-hydrogen) atoms. The number of hydrogen-bond acceptors (Lipinski definition) is 1. The van der Waals surface area contributed by atoms with E-state index in [9.17, 15) is 4.20 Å². The van der Waals surface area contributed by atoms with Crippen LogP contribution in [0.5, 0.6) is 0 Å². The fraction of sp³-hybridized carbons (Fsp3) is 0. The van der Waals surface area contributed by atoms with Crippen LogP contribution < -0.4 is 29.6 Å². The predicted octanol–water partition coefficient (Wildman–Crippen LogP) is -2.84. The monoisotopic (exact) mass is 180 g/mol. The van der Waals surface area contributed by atoms with Gasteiger partial charge in [-0.3, -0.25) is 9.79 Å². The molecular weight excluding hydrogens is 177 g/mol. The first kappa shape index (κ1) is 15.8. The van der Waals surface area contributed by atoms with Gasteiger partial charge in [0, 0.05) is 17.1 Å². The third-order valence-electron chi connectivity index (χ3n) is 0. The molecule has 0 heterocycles. The third kappa shape index (κ3) is 93.1. The van der Waals surface area contributed by atoms with Crippen molar-refractivity contribution < 1.29 is 66.6 Å². The van der Waals surface area contributed by atoms with Gasteiger partial charge in [0.05, 0.1) is 0 Å². The van der Waals surface area contributed by atoms with Crippen molar-refractivity contribution in [1.29, 1.82) is 0 Å². The van der Waals surface area contributed by atoms with E-state index in [0.717, 1.165) is 0 Å². The van der Waals surface area contributed by atoms with E-state index < -0.39 is 7.91 Å². The molecule has 0 amide bonds. The maximum atomic E-state index is 10.4. The standard InChI is InChI=1S/FH2O3P.Fe.Na.H/c1-5(2,3)4;;;/h(H2,2,3,4);;;/q;;+1;-1. The minimum absolute atomic E-state index is 0. The van der Waals surface area contributed by atoms with Crippen molar-refractivity contribution >= 4 is 7.91 Å². The molecule has 0 spiro atoms. The summed E-state index contributed by atoms with van der Waals surface area (Å²) in [5.74, 6) is 0. The fourth-order valence-electron chi connectivity index (χ4n) is 0. The van der Waals surface area contributed by atoms with Crippen molar-refractivity contribution in [2.75, 3.05) is 0 Å². The molecule has 0 aliphatic carbocycles. The van der Waals surface area contributed by atoms with Crippen molar-refractivity contribution in [1.82, 2.24) is 0 Å². The smallest absolute Gasteiger partial charge is 1.00 e. The molecule has 0 fully saturated rings. The van der Waals surface area contributed by atoms with Crippen LogP contribution in [-0.2, 0) is 21.6 Å². The Balaban J connectivity index is -0.0000000267. The van der Waals surface area contributed by atoms with Gasteiger partial charge in [0.1, 0.15) is 0 Å². The van der Waals surface area contributed by atoms with E-state index in [1.807, 2.05) is 0 Å². The summed E-state index contributed by atoms with van der Waals surface area (Å²) in [6.45, 7) is 0. The Morgan fingerprint density at radius 1 is 1.57 bits per heavy atom. The van der Waals surface area contributed by atoms with Gasteiger partial charge in [-0.1, -0.05) is 0 Å². The van der Waals surface area contributed by atoms with Crippen LogP contribution in [0.1, 0.15) is 1.43 Å². The van der Waals surface area contributed by atoms with Crippen molar-refractivity contribution in [3.63, 3.8) is 0 Å². The average molecular weight is 180 g/mol. The van der Waals surface area contributed by atoms with Crippen LogP contribution >= 0.6 is 7.91 Å². The van der Waals surface area contributed by atoms with Crippen LogP contribution in [0.4, 0.5) is 4.20 Å². The summed E-state index contributed by atoms with van der Waals surface area (Å²) in [4.78, 5) is 13.9. The van der Waals surface area contributed by atoms with Crippen LogP contribution in [0.3, 0.4) is 0 Å². The fourth-order valence-corrected chi connectivity index (χ4v) is 0. The minimum Gasteiger partial charge on any atom is -1.00 e. The van der Waals surface area contributed by atoms with Gasteiger partial charge in [-0.2, -0.15) is 0 Å². The first-order chi connectivity index (χ1) is 2.00. The predicted molar refractivity (Wildman–Crippen MR) is 14.3 cm³/mol. The molecule has 3 nitrogen and oxygen atoms in total. The van der Waals surface area contributed by atoms with Gasteiger partial charge >= 0.3 is 37.5 Å². The molecule has 0 saturated carbocycles. The Hall–Kier alpha value is 1.60. The van der Waals surface area contributed by atoms with Gasteiger partial charge in [0.15, 0.2) is 0 Å². The molecular formula is H3FFeNaO3P. The van der Waals surface area contributed by atoms with Crippen LogP contribution in [0.25, 0.3) is 0 Å². The molecule has 0 aromatic carbocycles. The summed E-state index contributed by atoms with van der Waals surface area (Å²) in [5.41, 5.74) is 0. The van der Waals surface area contributed by atoms with Crippen molar-refractivity contribution in [3.05, 3.63) is 0 Å². The molecule has 0 unspecified atom stereocenters. The molecule has 0 rings (SSSR count). The van der Waals surface area contributed by atoms with Crippen LogP contribution in [0.2, 0.25) is 0 Å². The average Bonchev–Trinajstić information content (AvgIpc) is 0.722. The molecule has 0 bridgehead atoms. The normalized spacial score (nSPS) is 8.43. The quantitative estimate of drug-likeness (QED) is 0.311. The van der Waals surface area contributed by atoms with Crippen molar-refractivity contribution in [3.8, 4) is 0 Å². The Labute approximate surface area is 74.2 Å². The summed E-state index contributed by atoms with van der Waals surface area (Å²) in [6, 6.07) is 0. The number of halogens is 1. The second kappa shape index (κ2) is 5.73. The first-order valence-electron chi connectivity index (χ1n) is 0.752. The Bertz CT molecular complexity index is 65.4. The maximum absolute atomic E-state index is 10.4. The van der Waals surface area contributed by atoms with Crippen molar-refractivity contribution in [2.24, 2.45) is 0 Å². The second-order valence-electron chi connectivity index (χ2n) is 0.473. The Kier molecular flexibility index (Phi) is 13.0. The Morgan fingerprint density at radius 3 is 1.57 bits per heavy atom. The molecule has 0 aliphatic heterocycles. The van der Waals surface area contributed by atoms with Crippen LogP contribution in [-0.4, -0.2) is 9.79 Å². The van der Waals surface area contributed by atoms with Gasteiger partial charge in [0.25, 0.3) is 0 Å². The summed E-state index contributed by atoms with van der Waals surface area (Å²) >= 11 is 0. The summed E-state index contributed by atoms with van der Waals surface area (Å²) in [7, 11) is -5.14. The van der Waals surface area contributed by atoms with Crippen LogP contribution in [0.15, 0.2) is 0 Å². The zero-order chi connectivity index (χ0) is 4.50.